The summed E-state index contributed by atoms with van der Waals surface area (Å²) in [5.41, 5.74) is 0.653. The number of aliphatic imine (C=N–C) groups is 1. The van der Waals surface area contributed by atoms with Gasteiger partial charge in [-0.25, -0.2) is 4.39 Å². The van der Waals surface area contributed by atoms with E-state index in [9.17, 15) is 4.39 Å². The van der Waals surface area contributed by atoms with Gasteiger partial charge in [0.1, 0.15) is 5.82 Å². The van der Waals surface area contributed by atoms with Crippen LogP contribution in [0.3, 0.4) is 0 Å². The van der Waals surface area contributed by atoms with E-state index in [1.54, 1.807) is 18.0 Å². The van der Waals surface area contributed by atoms with Gasteiger partial charge in [0.2, 0.25) is 0 Å². The highest BCUT2D eigenvalue weighted by molar-refractivity contribution is 8.14. The monoisotopic (exact) mass is 253 g/mol. The van der Waals surface area contributed by atoms with E-state index in [2.05, 4.69) is 29.1 Å². The van der Waals surface area contributed by atoms with Gasteiger partial charge in [-0.15, -0.1) is 0 Å². The maximum Gasteiger partial charge on any atom is 0.161 e. The maximum atomic E-state index is 13.0. The van der Waals surface area contributed by atoms with Gasteiger partial charge in [-0.05, 0) is 12.3 Å². The van der Waals surface area contributed by atoms with E-state index in [1.807, 2.05) is 0 Å². The molecule has 17 heavy (non-hydrogen) atoms. The molecular formula is C12H16FN3S. The van der Waals surface area contributed by atoms with Crippen LogP contribution in [0.4, 0.5) is 10.1 Å². The van der Waals surface area contributed by atoms with Crippen LogP contribution in [0.25, 0.3) is 0 Å². The highest BCUT2D eigenvalue weighted by Gasteiger charge is 2.18. The first-order chi connectivity index (χ1) is 8.15. The minimum Gasteiger partial charge on any atom is -0.334 e. The van der Waals surface area contributed by atoms with Gasteiger partial charge in [0, 0.05) is 11.8 Å². The molecule has 1 aliphatic rings. The predicted octanol–water partition coefficient (Wildman–Crippen LogP) is 3.15. The topological polar surface area (TPSA) is 37.3 Å². The molecule has 5 heteroatoms. The summed E-state index contributed by atoms with van der Waals surface area (Å²) in [7, 11) is 0. The molecule has 1 unspecified atom stereocenters. The van der Waals surface area contributed by atoms with Crippen LogP contribution in [0, 0.1) is 11.7 Å². The third-order valence-corrected chi connectivity index (χ3v) is 3.58. The fourth-order valence-electron chi connectivity index (χ4n) is 1.68. The molecule has 0 spiro atoms. The van der Waals surface area contributed by atoms with Crippen molar-refractivity contribution in [2.45, 2.75) is 26.3 Å². The Morgan fingerprint density at radius 1 is 1.47 bits per heavy atom. The number of rotatable bonds is 2. The van der Waals surface area contributed by atoms with Gasteiger partial charge in [-0.1, -0.05) is 25.6 Å². The lowest BCUT2D eigenvalue weighted by molar-refractivity contribution is 0.485. The maximum absolute atomic E-state index is 13.0. The van der Waals surface area contributed by atoms with Gasteiger partial charge in [-0.3, -0.25) is 9.98 Å². The molecule has 0 amide bonds. The summed E-state index contributed by atoms with van der Waals surface area (Å²) in [4.78, 5) is 8.43. The first kappa shape index (κ1) is 12.4. The second kappa shape index (κ2) is 5.49. The number of amidine groups is 1. The van der Waals surface area contributed by atoms with Crippen molar-refractivity contribution in [3.63, 3.8) is 0 Å². The molecule has 1 N–H and O–H groups in total. The Labute approximate surface area is 105 Å². The van der Waals surface area contributed by atoms with Crippen LogP contribution in [-0.4, -0.2) is 21.9 Å². The van der Waals surface area contributed by atoms with Crippen LogP contribution in [-0.2, 0) is 0 Å². The zero-order valence-corrected chi connectivity index (χ0v) is 10.8. The van der Waals surface area contributed by atoms with E-state index >= 15 is 0 Å². The summed E-state index contributed by atoms with van der Waals surface area (Å²) in [6, 6.07) is 1.79. The summed E-state index contributed by atoms with van der Waals surface area (Å²) in [5.74, 6) is 1.26. The Balaban J connectivity index is 2.08. The van der Waals surface area contributed by atoms with Crippen LogP contribution in [0.5, 0.6) is 0 Å². The van der Waals surface area contributed by atoms with Gasteiger partial charge in [0.25, 0.3) is 0 Å². The first-order valence-electron chi connectivity index (χ1n) is 5.73. The average Bonchev–Trinajstić information content (AvgIpc) is 2.29. The molecule has 92 valence electrons. The highest BCUT2D eigenvalue weighted by Crippen LogP contribution is 2.23. The summed E-state index contributed by atoms with van der Waals surface area (Å²) in [6.07, 6.45) is 3.90. The lowest BCUT2D eigenvalue weighted by Gasteiger charge is -2.23. The lowest BCUT2D eigenvalue weighted by Crippen LogP contribution is -2.23. The van der Waals surface area contributed by atoms with Crippen molar-refractivity contribution < 1.29 is 4.39 Å². The van der Waals surface area contributed by atoms with Crippen molar-refractivity contribution in [3.05, 3.63) is 24.3 Å². The highest BCUT2D eigenvalue weighted by atomic mass is 32.2. The van der Waals surface area contributed by atoms with Crippen molar-refractivity contribution >= 4 is 22.6 Å². The lowest BCUT2D eigenvalue weighted by atomic mass is 10.0. The number of hydrogen-bond donors (Lipinski definition) is 1. The molecule has 0 fully saturated rings. The number of thioether (sulfide) groups is 1. The Bertz CT molecular complexity index is 420. The van der Waals surface area contributed by atoms with E-state index in [0.717, 1.165) is 17.3 Å². The second-order valence-corrected chi connectivity index (χ2v) is 5.48. The van der Waals surface area contributed by atoms with Crippen LogP contribution < -0.4 is 5.32 Å². The van der Waals surface area contributed by atoms with E-state index in [4.69, 9.17) is 0 Å². The van der Waals surface area contributed by atoms with Crippen molar-refractivity contribution in [3.8, 4) is 0 Å². The van der Waals surface area contributed by atoms with Crippen molar-refractivity contribution in [2.75, 3.05) is 11.1 Å². The third-order valence-electron chi connectivity index (χ3n) is 2.66. The van der Waals surface area contributed by atoms with E-state index in [1.165, 1.54) is 12.3 Å². The van der Waals surface area contributed by atoms with E-state index < -0.39 is 0 Å². The van der Waals surface area contributed by atoms with Crippen LogP contribution in [0.2, 0.25) is 0 Å². The molecule has 0 saturated carbocycles. The number of hydrogen-bond acceptors (Lipinski definition) is 4. The van der Waals surface area contributed by atoms with Crippen molar-refractivity contribution in [2.24, 2.45) is 10.9 Å². The molecule has 0 radical (unpaired) electrons. The third kappa shape index (κ3) is 3.43. The molecule has 1 aromatic rings. The molecule has 0 saturated heterocycles. The smallest absolute Gasteiger partial charge is 0.161 e. The Morgan fingerprint density at radius 2 is 2.29 bits per heavy atom. The van der Waals surface area contributed by atoms with Gasteiger partial charge >= 0.3 is 0 Å². The molecule has 1 atom stereocenters. The molecule has 2 heterocycles. The quantitative estimate of drug-likeness (QED) is 0.879. The van der Waals surface area contributed by atoms with Crippen LogP contribution in [0.15, 0.2) is 23.5 Å². The van der Waals surface area contributed by atoms with Crippen LogP contribution >= 0.6 is 11.8 Å². The Morgan fingerprint density at radius 3 is 3.00 bits per heavy atom. The average molecular weight is 253 g/mol. The zero-order valence-electron chi connectivity index (χ0n) is 9.98. The van der Waals surface area contributed by atoms with Gasteiger partial charge in [0.15, 0.2) is 5.17 Å². The number of aromatic nitrogens is 1. The number of nitrogens with one attached hydrogen (secondary N) is 1. The molecular weight excluding hydrogens is 237 g/mol. The fraction of sp³-hybridized carbons (Fsp3) is 0.500. The summed E-state index contributed by atoms with van der Waals surface area (Å²) in [6.45, 7) is 4.34. The summed E-state index contributed by atoms with van der Waals surface area (Å²) >= 11 is 1.67. The van der Waals surface area contributed by atoms with Crippen molar-refractivity contribution in [1.29, 1.82) is 0 Å². The van der Waals surface area contributed by atoms with Gasteiger partial charge in [0.05, 0.1) is 24.1 Å². The molecule has 2 rings (SSSR count). The number of halogens is 1. The molecule has 0 aromatic carbocycles. The first-order valence-corrected chi connectivity index (χ1v) is 6.72. The largest absolute Gasteiger partial charge is 0.334 e. The second-order valence-electron chi connectivity index (χ2n) is 4.40. The summed E-state index contributed by atoms with van der Waals surface area (Å²) < 4.78 is 13.0. The number of pyridine rings is 1. The van der Waals surface area contributed by atoms with Gasteiger partial charge < -0.3 is 5.32 Å². The normalized spacial score (nSPS) is 20.2. The van der Waals surface area contributed by atoms with E-state index in [-0.39, 0.29) is 5.82 Å². The van der Waals surface area contributed by atoms with E-state index in [0.29, 0.717) is 17.6 Å². The molecule has 1 aliphatic heterocycles. The fourth-order valence-corrected chi connectivity index (χ4v) is 2.64. The van der Waals surface area contributed by atoms with Crippen molar-refractivity contribution in [1.82, 2.24) is 4.98 Å². The zero-order chi connectivity index (χ0) is 12.3. The Kier molecular flexibility index (Phi) is 3.99. The molecule has 0 aliphatic carbocycles. The SMILES string of the molecule is CC(C)C1CCSC(Nc2cncc(F)c2)=N1. The van der Waals surface area contributed by atoms with Gasteiger partial charge in [-0.2, -0.15) is 0 Å². The minimum atomic E-state index is -0.336. The number of nitrogens with zero attached hydrogens (tertiary/aromatic N) is 2. The molecule has 3 nitrogen and oxygen atoms in total. The Hall–Kier alpha value is -1.10. The van der Waals surface area contributed by atoms with Crippen LogP contribution in [0.1, 0.15) is 20.3 Å². The standard InChI is InChI=1S/C12H16FN3S/c1-8(2)11-3-4-17-12(16-11)15-10-5-9(13)6-14-7-10/h5-8,11H,3-4H2,1-2H3,(H,15,16). The molecule has 1 aromatic heterocycles. The minimum absolute atomic E-state index is 0.336. The number of anilines is 1. The predicted molar refractivity (Wildman–Crippen MR) is 71.0 cm³/mol. The molecule has 0 bridgehead atoms. The summed E-state index contributed by atoms with van der Waals surface area (Å²) in [5, 5.41) is 3.98.